The maximum Gasteiger partial charge on any atom is 0.287 e. The van der Waals surface area contributed by atoms with Crippen LogP contribution in [0.2, 0.25) is 0 Å². The number of nitrogens with one attached hydrogen (secondary N) is 1. The average Bonchev–Trinajstić information content (AvgIpc) is 2.20. The highest BCUT2D eigenvalue weighted by atomic mass is 32.3. The van der Waals surface area contributed by atoms with Gasteiger partial charge in [-0.25, -0.2) is 35.5 Å². The Labute approximate surface area is 103 Å². The summed E-state index contributed by atoms with van der Waals surface area (Å²) in [5.74, 6) is -13.1. The van der Waals surface area contributed by atoms with Gasteiger partial charge in [0.25, 0.3) is 20.2 Å². The third-order valence-electron chi connectivity index (χ3n) is 1.66. The van der Waals surface area contributed by atoms with E-state index in [0.29, 0.717) is 4.13 Å². The zero-order chi connectivity index (χ0) is 15.2. The number of hydrogen-bond acceptors (Lipinski definition) is 4. The number of rotatable bonds is 3. The molecule has 0 atom stereocenters. The number of halogens is 5. The van der Waals surface area contributed by atoms with Crippen molar-refractivity contribution in [1.29, 1.82) is 0 Å². The Morgan fingerprint density at radius 3 is 1.37 bits per heavy atom. The van der Waals surface area contributed by atoms with Gasteiger partial charge in [-0.2, -0.15) is 8.42 Å². The topological polar surface area (TPSA) is 106 Å². The fourth-order valence-electron chi connectivity index (χ4n) is 1.02. The second kappa shape index (κ2) is 4.66. The number of hydrogen-bond donors (Lipinski definition) is 2. The lowest BCUT2D eigenvalue weighted by molar-refractivity contribution is 0.357. The molecule has 0 fully saturated rings. The van der Waals surface area contributed by atoms with Crippen molar-refractivity contribution in [2.24, 2.45) is 5.14 Å². The van der Waals surface area contributed by atoms with Gasteiger partial charge in [0.1, 0.15) is 0 Å². The van der Waals surface area contributed by atoms with Crippen LogP contribution in [-0.2, 0) is 20.2 Å². The van der Waals surface area contributed by atoms with Gasteiger partial charge in [-0.3, -0.25) is 0 Å². The molecule has 3 N–H and O–H groups in total. The van der Waals surface area contributed by atoms with Gasteiger partial charge in [0.15, 0.2) is 28.2 Å². The van der Waals surface area contributed by atoms with Crippen LogP contribution in [0.15, 0.2) is 4.90 Å². The minimum absolute atomic E-state index is 0.554. The van der Waals surface area contributed by atoms with E-state index in [1.54, 1.807) is 0 Å². The van der Waals surface area contributed by atoms with Crippen LogP contribution in [0.4, 0.5) is 22.0 Å². The Bertz CT molecular complexity index is 716. The van der Waals surface area contributed by atoms with Crippen molar-refractivity contribution >= 4 is 20.2 Å². The predicted molar refractivity (Wildman–Crippen MR) is 49.7 cm³/mol. The summed E-state index contributed by atoms with van der Waals surface area (Å²) < 4.78 is 108. The normalized spacial score (nSPS) is 12.7. The molecule has 6 nitrogen and oxygen atoms in total. The molecule has 1 rings (SSSR count). The minimum Gasteiger partial charge on any atom is -0.215 e. The molecule has 1 aromatic rings. The van der Waals surface area contributed by atoms with Crippen LogP contribution in [0.5, 0.6) is 0 Å². The van der Waals surface area contributed by atoms with Gasteiger partial charge in [0.2, 0.25) is 5.82 Å². The largest absolute Gasteiger partial charge is 0.287 e. The molecule has 0 unspecified atom stereocenters. The van der Waals surface area contributed by atoms with Crippen molar-refractivity contribution in [3.05, 3.63) is 29.1 Å². The lowest BCUT2D eigenvalue weighted by Gasteiger charge is -2.08. The van der Waals surface area contributed by atoms with Crippen LogP contribution in [0.3, 0.4) is 0 Å². The molecule has 0 aromatic heterocycles. The van der Waals surface area contributed by atoms with Gasteiger partial charge in [-0.15, -0.1) is 0 Å². The summed E-state index contributed by atoms with van der Waals surface area (Å²) in [6.07, 6.45) is 0. The highest BCUT2D eigenvalue weighted by Crippen LogP contribution is 2.26. The fourth-order valence-corrected chi connectivity index (χ4v) is 3.22. The summed E-state index contributed by atoms with van der Waals surface area (Å²) in [6, 6.07) is 0. The Morgan fingerprint density at radius 2 is 1.05 bits per heavy atom. The van der Waals surface area contributed by atoms with E-state index in [-0.39, 0.29) is 0 Å². The van der Waals surface area contributed by atoms with Crippen LogP contribution in [0.25, 0.3) is 0 Å². The molecule has 0 aliphatic heterocycles. The Balaban J connectivity index is 3.71. The SMILES string of the molecule is NS(=O)(=O)NS(=O)(=O)c1c(F)c(F)c(F)c(F)c1F. The Kier molecular flexibility index (Phi) is 3.86. The first-order valence-electron chi connectivity index (χ1n) is 3.96. The molecule has 0 radical (unpaired) electrons. The molecular formula is C6H3F5N2O4S2. The monoisotopic (exact) mass is 326 g/mol. The summed E-state index contributed by atoms with van der Waals surface area (Å²) in [5, 5.41) is 4.24. The van der Waals surface area contributed by atoms with Crippen LogP contribution in [0, 0.1) is 29.1 Å². The van der Waals surface area contributed by atoms with E-state index in [9.17, 15) is 38.8 Å². The molecule has 0 heterocycles. The van der Waals surface area contributed by atoms with E-state index in [0.717, 1.165) is 0 Å². The molecule has 0 bridgehead atoms. The summed E-state index contributed by atoms with van der Waals surface area (Å²) >= 11 is 0. The average molecular weight is 326 g/mol. The van der Waals surface area contributed by atoms with E-state index < -0.39 is 54.2 Å². The summed E-state index contributed by atoms with van der Waals surface area (Å²) in [5.41, 5.74) is 0. The molecule has 13 heteroatoms. The summed E-state index contributed by atoms with van der Waals surface area (Å²) in [4.78, 5) is -2.35. The minimum atomic E-state index is -5.60. The van der Waals surface area contributed by atoms with Gasteiger partial charge in [-0.1, -0.05) is 4.13 Å². The van der Waals surface area contributed by atoms with Gasteiger partial charge >= 0.3 is 0 Å². The molecule has 0 amide bonds. The number of sulfonamides is 1. The quantitative estimate of drug-likeness (QED) is 0.458. The molecule has 1 aromatic carbocycles. The maximum absolute atomic E-state index is 13.1. The second-order valence-corrected chi connectivity index (χ2v) is 6.20. The van der Waals surface area contributed by atoms with Crippen molar-refractivity contribution in [2.45, 2.75) is 4.90 Å². The van der Waals surface area contributed by atoms with Crippen LogP contribution >= 0.6 is 0 Å². The van der Waals surface area contributed by atoms with E-state index in [2.05, 4.69) is 5.14 Å². The first kappa shape index (κ1) is 15.7. The first-order valence-corrected chi connectivity index (χ1v) is 6.99. The predicted octanol–water partition coefficient (Wildman–Crippen LogP) is -0.136. The van der Waals surface area contributed by atoms with Gasteiger partial charge in [0.05, 0.1) is 0 Å². The molecule has 19 heavy (non-hydrogen) atoms. The first-order chi connectivity index (χ1) is 8.38. The second-order valence-electron chi connectivity index (χ2n) is 3.03. The van der Waals surface area contributed by atoms with Crippen molar-refractivity contribution in [3.63, 3.8) is 0 Å². The third kappa shape index (κ3) is 2.99. The van der Waals surface area contributed by atoms with Gasteiger partial charge in [0, 0.05) is 0 Å². The fraction of sp³-hybridized carbons (Fsp3) is 0. The van der Waals surface area contributed by atoms with E-state index in [4.69, 9.17) is 0 Å². The standard InChI is InChI=1S/C6H3F5N2O4S2/c7-1-2(8)4(10)6(5(11)3(1)9)18(14,15)13-19(12,16)17/h13H,(H2,12,16,17). The van der Waals surface area contributed by atoms with E-state index in [1.807, 2.05) is 0 Å². The molecule has 0 aliphatic rings. The van der Waals surface area contributed by atoms with Crippen molar-refractivity contribution < 1.29 is 38.8 Å². The number of benzene rings is 1. The van der Waals surface area contributed by atoms with Crippen LogP contribution in [0.1, 0.15) is 0 Å². The van der Waals surface area contributed by atoms with E-state index >= 15 is 0 Å². The van der Waals surface area contributed by atoms with Crippen LogP contribution < -0.4 is 9.27 Å². The molecule has 0 saturated heterocycles. The molecule has 0 saturated carbocycles. The van der Waals surface area contributed by atoms with Crippen molar-refractivity contribution in [3.8, 4) is 0 Å². The lowest BCUT2D eigenvalue weighted by Crippen LogP contribution is -2.37. The molecule has 0 aliphatic carbocycles. The van der Waals surface area contributed by atoms with Gasteiger partial charge < -0.3 is 0 Å². The van der Waals surface area contributed by atoms with Crippen LogP contribution in [-0.4, -0.2) is 16.8 Å². The van der Waals surface area contributed by atoms with Crippen molar-refractivity contribution in [2.75, 3.05) is 0 Å². The molecular weight excluding hydrogens is 323 g/mol. The third-order valence-corrected chi connectivity index (χ3v) is 4.37. The zero-order valence-corrected chi connectivity index (χ0v) is 10.0. The Hall–Kier alpha value is -1.31. The highest BCUT2D eigenvalue weighted by molar-refractivity contribution is 8.03. The summed E-state index contributed by atoms with van der Waals surface area (Å²) in [7, 11) is -10.6. The zero-order valence-electron chi connectivity index (χ0n) is 8.42. The van der Waals surface area contributed by atoms with Gasteiger partial charge in [-0.05, 0) is 0 Å². The smallest absolute Gasteiger partial charge is 0.215 e. The lowest BCUT2D eigenvalue weighted by atomic mass is 10.3. The Morgan fingerprint density at radius 1 is 0.737 bits per heavy atom. The molecule has 108 valence electrons. The highest BCUT2D eigenvalue weighted by Gasteiger charge is 2.35. The summed E-state index contributed by atoms with van der Waals surface area (Å²) in [6.45, 7) is 0. The number of nitrogens with two attached hydrogens (primary N) is 1. The van der Waals surface area contributed by atoms with E-state index in [1.165, 1.54) is 0 Å². The molecule has 0 spiro atoms. The maximum atomic E-state index is 13.1. The van der Waals surface area contributed by atoms with Crippen molar-refractivity contribution in [1.82, 2.24) is 4.13 Å².